The Morgan fingerprint density at radius 1 is 0.757 bits per heavy atom. The van der Waals surface area contributed by atoms with E-state index in [0.717, 1.165) is 62.1 Å². The second kappa shape index (κ2) is 9.62. The molecule has 0 unspecified atom stereocenters. The van der Waals surface area contributed by atoms with Crippen LogP contribution >= 0.6 is 0 Å². The van der Waals surface area contributed by atoms with Crippen molar-refractivity contribution in [3.05, 3.63) is 78.9 Å². The normalized spacial score (nSPS) is 12.3. The molecule has 0 bridgehead atoms. The summed E-state index contributed by atoms with van der Waals surface area (Å²) in [6.45, 7) is 3.17. The molecule has 0 saturated heterocycles. The Kier molecular flexibility index (Phi) is 5.86. The van der Waals surface area contributed by atoms with Crippen molar-refractivity contribution in [3.63, 3.8) is 0 Å². The Morgan fingerprint density at radius 2 is 1.62 bits per heavy atom. The van der Waals surface area contributed by atoms with Gasteiger partial charge in [0.05, 0.1) is 11.4 Å². The summed E-state index contributed by atoms with van der Waals surface area (Å²) in [5, 5.41) is 12.1. The topological polar surface area (TPSA) is 106 Å². The van der Waals surface area contributed by atoms with Gasteiger partial charge in [0.2, 0.25) is 0 Å². The van der Waals surface area contributed by atoms with Crippen LogP contribution in [0.25, 0.3) is 22.0 Å². The molecule has 0 amide bonds. The number of nitrogens with zero attached hydrogens (tertiary/aromatic N) is 4. The van der Waals surface area contributed by atoms with Crippen LogP contribution in [0.4, 0.5) is 28.8 Å². The number of aromatic nitrogens is 4. The second-order valence-electron chi connectivity index (χ2n) is 8.56. The van der Waals surface area contributed by atoms with Crippen molar-refractivity contribution in [3.8, 4) is 22.8 Å². The molecule has 3 aromatic heterocycles. The van der Waals surface area contributed by atoms with Crippen LogP contribution in [0.3, 0.4) is 0 Å². The zero-order valence-electron chi connectivity index (χ0n) is 20.4. The van der Waals surface area contributed by atoms with E-state index < -0.39 is 0 Å². The SMILES string of the molecule is CNc1cc(-c2cccnc2Nc2c(C)ccc3c(Nc4ccc5c(c4)OCCO5)nccc23)ncn1. The summed E-state index contributed by atoms with van der Waals surface area (Å²) in [6, 6.07) is 17.8. The molecule has 1 aliphatic rings. The number of aryl methyl sites for hydroxylation is 1. The molecule has 6 rings (SSSR count). The summed E-state index contributed by atoms with van der Waals surface area (Å²) in [4.78, 5) is 18.0. The molecule has 5 aromatic rings. The van der Waals surface area contributed by atoms with Gasteiger partial charge < -0.3 is 25.4 Å². The molecule has 9 nitrogen and oxygen atoms in total. The van der Waals surface area contributed by atoms with Crippen molar-refractivity contribution in [2.75, 3.05) is 36.2 Å². The smallest absolute Gasteiger partial charge is 0.163 e. The zero-order valence-corrected chi connectivity index (χ0v) is 20.4. The number of benzene rings is 2. The van der Waals surface area contributed by atoms with E-state index >= 15 is 0 Å². The van der Waals surface area contributed by atoms with E-state index in [4.69, 9.17) is 9.47 Å². The minimum Gasteiger partial charge on any atom is -0.486 e. The largest absolute Gasteiger partial charge is 0.486 e. The number of hydrogen-bond donors (Lipinski definition) is 3. The van der Waals surface area contributed by atoms with Crippen molar-refractivity contribution in [2.45, 2.75) is 6.92 Å². The Labute approximate surface area is 213 Å². The van der Waals surface area contributed by atoms with Crippen LogP contribution in [-0.2, 0) is 0 Å². The van der Waals surface area contributed by atoms with Crippen LogP contribution in [-0.4, -0.2) is 40.2 Å². The first-order valence-electron chi connectivity index (χ1n) is 12.0. The standard InChI is InChI=1S/C28H25N7O2/c1-17-5-7-20-19(9-11-31-27(20)34-18-6-8-23-24(14-18)37-13-12-36-23)26(17)35-28-21(4-3-10-30-28)22-15-25(29-2)33-16-32-22/h3-11,14-16H,12-13H2,1-2H3,(H,30,35)(H,31,34)(H,29,32,33). The van der Waals surface area contributed by atoms with Gasteiger partial charge in [0.25, 0.3) is 0 Å². The molecule has 0 saturated carbocycles. The highest BCUT2D eigenvalue weighted by atomic mass is 16.6. The van der Waals surface area contributed by atoms with Gasteiger partial charge in [0, 0.05) is 53.6 Å². The number of hydrogen-bond acceptors (Lipinski definition) is 9. The Morgan fingerprint density at radius 3 is 2.51 bits per heavy atom. The van der Waals surface area contributed by atoms with E-state index in [0.29, 0.717) is 19.0 Å². The van der Waals surface area contributed by atoms with E-state index in [1.54, 1.807) is 18.7 Å². The van der Waals surface area contributed by atoms with Gasteiger partial charge in [-0.25, -0.2) is 19.9 Å². The summed E-state index contributed by atoms with van der Waals surface area (Å²) >= 11 is 0. The van der Waals surface area contributed by atoms with Crippen LogP contribution in [0, 0.1) is 6.92 Å². The lowest BCUT2D eigenvalue weighted by atomic mass is 10.0. The van der Waals surface area contributed by atoms with Gasteiger partial charge in [-0.3, -0.25) is 0 Å². The highest BCUT2D eigenvalue weighted by Crippen LogP contribution is 2.37. The molecule has 184 valence electrons. The molecular weight excluding hydrogens is 466 g/mol. The molecule has 0 fully saturated rings. The van der Waals surface area contributed by atoms with Crippen LogP contribution in [0.1, 0.15) is 5.56 Å². The van der Waals surface area contributed by atoms with Crippen LogP contribution < -0.4 is 25.4 Å². The van der Waals surface area contributed by atoms with E-state index in [1.807, 2.05) is 49.5 Å². The van der Waals surface area contributed by atoms with E-state index in [2.05, 4.69) is 54.9 Å². The average Bonchev–Trinajstić information content (AvgIpc) is 2.95. The van der Waals surface area contributed by atoms with E-state index in [-0.39, 0.29) is 0 Å². The Balaban J connectivity index is 1.38. The Hall–Kier alpha value is -4.92. The molecule has 1 aliphatic heterocycles. The molecule has 0 aliphatic carbocycles. The summed E-state index contributed by atoms with van der Waals surface area (Å²) < 4.78 is 11.4. The summed E-state index contributed by atoms with van der Waals surface area (Å²) in [6.07, 6.45) is 5.11. The maximum atomic E-state index is 5.74. The number of nitrogens with one attached hydrogen (secondary N) is 3. The highest BCUT2D eigenvalue weighted by Gasteiger charge is 2.15. The lowest BCUT2D eigenvalue weighted by Gasteiger charge is -2.19. The number of pyridine rings is 2. The van der Waals surface area contributed by atoms with Crippen LogP contribution in [0.2, 0.25) is 0 Å². The molecule has 3 N–H and O–H groups in total. The monoisotopic (exact) mass is 491 g/mol. The molecule has 0 atom stereocenters. The summed E-state index contributed by atoms with van der Waals surface area (Å²) in [5.74, 6) is 3.66. The third kappa shape index (κ3) is 4.42. The molecule has 0 spiro atoms. The number of ether oxygens (including phenoxy) is 2. The van der Waals surface area contributed by atoms with E-state index in [1.165, 1.54) is 0 Å². The number of fused-ring (bicyclic) bond motifs is 2. The molecular formula is C28H25N7O2. The highest BCUT2D eigenvalue weighted by molar-refractivity contribution is 6.03. The van der Waals surface area contributed by atoms with Gasteiger partial charge in [0.15, 0.2) is 11.5 Å². The van der Waals surface area contributed by atoms with Gasteiger partial charge in [-0.05, 0) is 42.8 Å². The number of anilines is 5. The van der Waals surface area contributed by atoms with Crippen LogP contribution in [0.15, 0.2) is 73.3 Å². The fourth-order valence-corrected chi connectivity index (χ4v) is 4.36. The molecule has 9 heteroatoms. The predicted octanol–water partition coefficient (Wildman–Crippen LogP) is 5.70. The first kappa shape index (κ1) is 22.5. The fraction of sp³-hybridized carbons (Fsp3) is 0.143. The van der Waals surface area contributed by atoms with Crippen LogP contribution in [0.5, 0.6) is 11.5 Å². The first-order valence-corrected chi connectivity index (χ1v) is 12.0. The summed E-state index contributed by atoms with van der Waals surface area (Å²) in [5.41, 5.74) is 4.56. The lowest BCUT2D eigenvalue weighted by molar-refractivity contribution is 0.171. The van der Waals surface area contributed by atoms with Gasteiger partial charge in [-0.15, -0.1) is 0 Å². The minimum atomic E-state index is 0.540. The fourth-order valence-electron chi connectivity index (χ4n) is 4.36. The minimum absolute atomic E-state index is 0.540. The van der Waals surface area contributed by atoms with Crippen molar-refractivity contribution < 1.29 is 9.47 Å². The average molecular weight is 492 g/mol. The molecule has 4 heterocycles. The predicted molar refractivity (Wildman–Crippen MR) is 145 cm³/mol. The summed E-state index contributed by atoms with van der Waals surface area (Å²) in [7, 11) is 1.83. The van der Waals surface area contributed by atoms with Gasteiger partial charge >= 0.3 is 0 Å². The third-order valence-corrected chi connectivity index (χ3v) is 6.21. The van der Waals surface area contributed by atoms with Crippen molar-refractivity contribution in [1.29, 1.82) is 0 Å². The second-order valence-corrected chi connectivity index (χ2v) is 8.56. The van der Waals surface area contributed by atoms with Gasteiger partial charge in [-0.1, -0.05) is 12.1 Å². The molecule has 37 heavy (non-hydrogen) atoms. The molecule has 2 aromatic carbocycles. The Bertz CT molecular complexity index is 1610. The third-order valence-electron chi connectivity index (χ3n) is 6.21. The van der Waals surface area contributed by atoms with Crippen molar-refractivity contribution in [1.82, 2.24) is 19.9 Å². The maximum Gasteiger partial charge on any atom is 0.163 e. The number of rotatable bonds is 6. The van der Waals surface area contributed by atoms with E-state index in [9.17, 15) is 0 Å². The zero-order chi connectivity index (χ0) is 25.2. The van der Waals surface area contributed by atoms with Crippen molar-refractivity contribution in [2.24, 2.45) is 0 Å². The lowest BCUT2D eigenvalue weighted by Crippen LogP contribution is -2.15. The molecule has 0 radical (unpaired) electrons. The van der Waals surface area contributed by atoms with Gasteiger partial charge in [0.1, 0.15) is 37.0 Å². The van der Waals surface area contributed by atoms with Gasteiger partial charge in [-0.2, -0.15) is 0 Å². The van der Waals surface area contributed by atoms with Crippen molar-refractivity contribution >= 4 is 39.6 Å². The quantitative estimate of drug-likeness (QED) is 0.276. The first-order chi connectivity index (χ1) is 18.2. The maximum absolute atomic E-state index is 5.74.